The van der Waals surface area contributed by atoms with Gasteiger partial charge in [-0.2, -0.15) is 0 Å². The van der Waals surface area contributed by atoms with Crippen LogP contribution in [0.5, 0.6) is 0 Å². The zero-order valence-electron chi connectivity index (χ0n) is 14.1. The van der Waals surface area contributed by atoms with Gasteiger partial charge < -0.3 is 4.90 Å². The van der Waals surface area contributed by atoms with Gasteiger partial charge in [0, 0.05) is 32.7 Å². The fourth-order valence-electron chi connectivity index (χ4n) is 3.20. The van der Waals surface area contributed by atoms with Crippen LogP contribution in [0.2, 0.25) is 0 Å². The molecule has 0 spiro atoms. The Morgan fingerprint density at radius 2 is 1.71 bits per heavy atom. The largest absolute Gasteiger partial charge is 0.345 e. The first-order valence-corrected chi connectivity index (χ1v) is 9.48. The lowest BCUT2D eigenvalue weighted by molar-refractivity contribution is 0.261. The molecule has 3 aromatic rings. The molecular formula is C20H23N3S. The zero-order chi connectivity index (χ0) is 16.4. The first kappa shape index (κ1) is 15.6. The molecule has 2 aromatic carbocycles. The van der Waals surface area contributed by atoms with Gasteiger partial charge in [0.05, 0.1) is 10.2 Å². The number of fused-ring (bicyclic) bond motifs is 1. The van der Waals surface area contributed by atoms with Crippen LogP contribution in [0.25, 0.3) is 10.2 Å². The molecule has 0 atom stereocenters. The Labute approximate surface area is 147 Å². The summed E-state index contributed by atoms with van der Waals surface area (Å²) in [5.74, 6) is 0. The van der Waals surface area contributed by atoms with E-state index < -0.39 is 0 Å². The van der Waals surface area contributed by atoms with Crippen molar-refractivity contribution >= 4 is 26.7 Å². The van der Waals surface area contributed by atoms with E-state index in [9.17, 15) is 0 Å². The Bertz CT molecular complexity index is 768. The smallest absolute Gasteiger partial charge is 0.186 e. The number of nitrogens with zero attached hydrogens (tertiary/aromatic N) is 3. The summed E-state index contributed by atoms with van der Waals surface area (Å²) in [5.41, 5.74) is 3.90. The van der Waals surface area contributed by atoms with E-state index in [1.54, 1.807) is 0 Å². The lowest BCUT2D eigenvalue weighted by Crippen LogP contribution is -2.46. The van der Waals surface area contributed by atoms with Crippen molar-refractivity contribution in [2.75, 3.05) is 37.6 Å². The average Bonchev–Trinajstić information content (AvgIpc) is 3.06. The molecule has 1 fully saturated rings. The summed E-state index contributed by atoms with van der Waals surface area (Å²) in [6, 6.07) is 17.4. The van der Waals surface area contributed by atoms with Gasteiger partial charge in [-0.3, -0.25) is 4.90 Å². The molecule has 0 aliphatic carbocycles. The highest BCUT2D eigenvalue weighted by Crippen LogP contribution is 2.29. The molecule has 1 aliphatic heterocycles. The lowest BCUT2D eigenvalue weighted by atomic mass is 10.1. The van der Waals surface area contributed by atoms with Crippen LogP contribution in [0.1, 0.15) is 11.1 Å². The number of piperazine rings is 1. The van der Waals surface area contributed by atoms with Gasteiger partial charge >= 0.3 is 0 Å². The van der Waals surface area contributed by atoms with Gasteiger partial charge in [-0.15, -0.1) is 0 Å². The van der Waals surface area contributed by atoms with E-state index in [0.29, 0.717) is 0 Å². The molecule has 124 valence electrons. The number of aromatic nitrogens is 1. The third kappa shape index (κ3) is 3.45. The van der Waals surface area contributed by atoms with Gasteiger partial charge in [0.2, 0.25) is 0 Å². The molecule has 2 heterocycles. The molecule has 3 nitrogen and oxygen atoms in total. The van der Waals surface area contributed by atoms with E-state index in [1.807, 2.05) is 11.3 Å². The number of hydrogen-bond donors (Lipinski definition) is 0. The maximum absolute atomic E-state index is 4.79. The van der Waals surface area contributed by atoms with Crippen LogP contribution < -0.4 is 4.90 Å². The fourth-order valence-corrected chi connectivity index (χ4v) is 4.22. The normalized spacial score (nSPS) is 16.0. The SMILES string of the molecule is Cc1ccc(CCN2CCN(c3nc4ccccc4s3)CC2)cc1. The van der Waals surface area contributed by atoms with Gasteiger partial charge in [0.15, 0.2) is 5.13 Å². The number of hydrogen-bond acceptors (Lipinski definition) is 4. The number of anilines is 1. The molecule has 0 saturated carbocycles. The van der Waals surface area contributed by atoms with Gasteiger partial charge in [-0.1, -0.05) is 53.3 Å². The number of benzene rings is 2. The highest BCUT2D eigenvalue weighted by atomic mass is 32.1. The summed E-state index contributed by atoms with van der Waals surface area (Å²) in [7, 11) is 0. The van der Waals surface area contributed by atoms with Crippen LogP contribution in [0.15, 0.2) is 48.5 Å². The summed E-state index contributed by atoms with van der Waals surface area (Å²) in [4.78, 5) is 9.80. The summed E-state index contributed by atoms with van der Waals surface area (Å²) in [6.45, 7) is 7.70. The maximum atomic E-state index is 4.79. The number of rotatable bonds is 4. The molecule has 24 heavy (non-hydrogen) atoms. The highest BCUT2D eigenvalue weighted by Gasteiger charge is 2.19. The monoisotopic (exact) mass is 337 g/mol. The van der Waals surface area contributed by atoms with E-state index >= 15 is 0 Å². The minimum Gasteiger partial charge on any atom is -0.345 e. The molecule has 4 heteroatoms. The van der Waals surface area contributed by atoms with Crippen LogP contribution in [-0.2, 0) is 6.42 Å². The maximum Gasteiger partial charge on any atom is 0.186 e. The van der Waals surface area contributed by atoms with Crippen molar-refractivity contribution in [3.05, 3.63) is 59.7 Å². The minimum atomic E-state index is 1.08. The molecule has 1 saturated heterocycles. The standard InChI is InChI=1S/C20H23N3S/c1-16-6-8-17(9-7-16)10-11-22-12-14-23(15-13-22)20-21-18-4-2-3-5-19(18)24-20/h2-9H,10-15H2,1H3. The number of thiazole rings is 1. The average molecular weight is 337 g/mol. The zero-order valence-corrected chi connectivity index (χ0v) is 14.9. The van der Waals surface area contributed by atoms with E-state index in [1.165, 1.54) is 21.0 Å². The molecular weight excluding hydrogens is 314 g/mol. The fraction of sp³-hybridized carbons (Fsp3) is 0.350. The Kier molecular flexibility index (Phi) is 4.50. The van der Waals surface area contributed by atoms with Crippen molar-refractivity contribution in [3.63, 3.8) is 0 Å². The Hall–Kier alpha value is -1.91. The molecule has 0 unspecified atom stereocenters. The second kappa shape index (κ2) is 6.91. The predicted octanol–water partition coefficient (Wildman–Crippen LogP) is 3.97. The Balaban J connectivity index is 1.32. The minimum absolute atomic E-state index is 1.08. The molecule has 1 aromatic heterocycles. The van der Waals surface area contributed by atoms with Crippen LogP contribution in [0.4, 0.5) is 5.13 Å². The first-order chi connectivity index (χ1) is 11.8. The van der Waals surface area contributed by atoms with Gasteiger partial charge in [-0.05, 0) is 31.0 Å². The topological polar surface area (TPSA) is 19.4 Å². The van der Waals surface area contributed by atoms with E-state index in [-0.39, 0.29) is 0 Å². The summed E-state index contributed by atoms with van der Waals surface area (Å²) in [6.07, 6.45) is 1.14. The van der Waals surface area contributed by atoms with E-state index in [0.717, 1.165) is 44.7 Å². The Morgan fingerprint density at radius 1 is 0.958 bits per heavy atom. The number of para-hydroxylation sites is 1. The van der Waals surface area contributed by atoms with E-state index in [2.05, 4.69) is 65.3 Å². The van der Waals surface area contributed by atoms with E-state index in [4.69, 9.17) is 4.98 Å². The van der Waals surface area contributed by atoms with Crippen molar-refractivity contribution in [1.82, 2.24) is 9.88 Å². The molecule has 4 rings (SSSR count). The van der Waals surface area contributed by atoms with Crippen molar-refractivity contribution in [3.8, 4) is 0 Å². The number of aryl methyl sites for hydroxylation is 1. The summed E-state index contributed by atoms with van der Waals surface area (Å²) >= 11 is 1.81. The lowest BCUT2D eigenvalue weighted by Gasteiger charge is -2.34. The Morgan fingerprint density at radius 3 is 2.46 bits per heavy atom. The summed E-state index contributed by atoms with van der Waals surface area (Å²) < 4.78 is 1.29. The van der Waals surface area contributed by atoms with Crippen LogP contribution in [0.3, 0.4) is 0 Å². The molecule has 1 aliphatic rings. The predicted molar refractivity (Wildman–Crippen MR) is 103 cm³/mol. The summed E-state index contributed by atoms with van der Waals surface area (Å²) in [5, 5.41) is 1.18. The van der Waals surface area contributed by atoms with Crippen molar-refractivity contribution in [1.29, 1.82) is 0 Å². The highest BCUT2D eigenvalue weighted by molar-refractivity contribution is 7.22. The first-order valence-electron chi connectivity index (χ1n) is 8.66. The molecule has 0 amide bonds. The second-order valence-electron chi connectivity index (χ2n) is 6.53. The van der Waals surface area contributed by atoms with Gasteiger partial charge in [0.1, 0.15) is 0 Å². The molecule has 0 bridgehead atoms. The quantitative estimate of drug-likeness (QED) is 0.718. The van der Waals surface area contributed by atoms with Crippen LogP contribution in [-0.4, -0.2) is 42.6 Å². The van der Waals surface area contributed by atoms with Gasteiger partial charge in [0.25, 0.3) is 0 Å². The second-order valence-corrected chi connectivity index (χ2v) is 7.54. The van der Waals surface area contributed by atoms with Gasteiger partial charge in [-0.25, -0.2) is 4.98 Å². The third-order valence-electron chi connectivity index (χ3n) is 4.76. The van der Waals surface area contributed by atoms with Crippen molar-refractivity contribution < 1.29 is 0 Å². The third-order valence-corrected chi connectivity index (χ3v) is 5.86. The molecule has 0 N–H and O–H groups in total. The van der Waals surface area contributed by atoms with Crippen molar-refractivity contribution in [2.24, 2.45) is 0 Å². The molecule has 0 radical (unpaired) electrons. The van der Waals surface area contributed by atoms with Crippen LogP contribution in [0, 0.1) is 6.92 Å². The van der Waals surface area contributed by atoms with Crippen molar-refractivity contribution in [2.45, 2.75) is 13.3 Å². The van der Waals surface area contributed by atoms with Crippen LogP contribution >= 0.6 is 11.3 Å².